The van der Waals surface area contributed by atoms with E-state index in [4.69, 9.17) is 9.57 Å². The Morgan fingerprint density at radius 2 is 1.41 bits per heavy atom. The van der Waals surface area contributed by atoms with E-state index in [-0.39, 0.29) is 35.5 Å². The van der Waals surface area contributed by atoms with Crippen molar-refractivity contribution in [1.82, 2.24) is 10.4 Å². The molecule has 3 atom stereocenters. The second kappa shape index (κ2) is 8.80. The monoisotopic (exact) mass is 522 g/mol. The molecule has 7 rings (SSSR count). The van der Waals surface area contributed by atoms with Gasteiger partial charge in [-0.05, 0) is 65.5 Å². The Bertz CT molecular complexity index is 1470. The number of amides is 3. The Balaban J connectivity index is 1.09. The normalized spacial score (nSPS) is 24.4. The van der Waals surface area contributed by atoms with Crippen LogP contribution < -0.4 is 5.32 Å². The molecule has 0 saturated heterocycles. The molecule has 0 aromatic heterocycles. The second-order valence-corrected chi connectivity index (χ2v) is 10.7. The molecular formula is C31H26N2O6. The van der Waals surface area contributed by atoms with Crippen LogP contribution >= 0.6 is 0 Å². The van der Waals surface area contributed by atoms with Crippen molar-refractivity contribution >= 4 is 23.9 Å². The van der Waals surface area contributed by atoms with Crippen molar-refractivity contribution < 1.29 is 28.8 Å². The van der Waals surface area contributed by atoms with Crippen LogP contribution in [0.4, 0.5) is 4.79 Å². The van der Waals surface area contributed by atoms with Gasteiger partial charge in [0.2, 0.25) is 0 Å². The minimum absolute atomic E-state index is 0.109. The van der Waals surface area contributed by atoms with Gasteiger partial charge in [-0.3, -0.25) is 9.59 Å². The number of imide groups is 1. The molecule has 196 valence electrons. The minimum atomic E-state index is -1.36. The number of nitrogens with one attached hydrogen (secondary N) is 1. The first kappa shape index (κ1) is 23.6. The van der Waals surface area contributed by atoms with Gasteiger partial charge in [0.25, 0.3) is 11.8 Å². The quantitative estimate of drug-likeness (QED) is 0.481. The smallest absolute Gasteiger partial charge is 0.408 e. The number of hydroxylamine groups is 2. The number of ether oxygens (including phenoxy) is 1. The summed E-state index contributed by atoms with van der Waals surface area (Å²) in [5.74, 6) is -2.16. The Labute approximate surface area is 224 Å². The van der Waals surface area contributed by atoms with Crippen LogP contribution in [0, 0.1) is 11.8 Å². The molecule has 3 amide bonds. The van der Waals surface area contributed by atoms with Crippen molar-refractivity contribution in [2.45, 2.75) is 37.1 Å². The zero-order chi connectivity index (χ0) is 26.7. The molecule has 3 aromatic rings. The van der Waals surface area contributed by atoms with E-state index in [0.717, 1.165) is 35.1 Å². The van der Waals surface area contributed by atoms with Gasteiger partial charge in [0.1, 0.15) is 12.1 Å². The third kappa shape index (κ3) is 3.66. The van der Waals surface area contributed by atoms with E-state index in [1.54, 1.807) is 12.1 Å². The summed E-state index contributed by atoms with van der Waals surface area (Å²) in [6.45, 7) is 0.109. The summed E-state index contributed by atoms with van der Waals surface area (Å²) in [7, 11) is 0. The number of nitrogens with zero attached hydrogens (tertiary/aromatic N) is 1. The van der Waals surface area contributed by atoms with Gasteiger partial charge >= 0.3 is 12.1 Å². The average Bonchev–Trinajstić information content (AvgIpc) is 3.65. The number of hydrogen-bond donors (Lipinski definition) is 1. The number of benzene rings is 3. The average molecular weight is 523 g/mol. The number of fused-ring (bicyclic) bond motifs is 5. The predicted molar refractivity (Wildman–Crippen MR) is 139 cm³/mol. The molecule has 0 spiro atoms. The second-order valence-electron chi connectivity index (χ2n) is 10.7. The summed E-state index contributed by atoms with van der Waals surface area (Å²) in [5.41, 5.74) is 3.43. The Morgan fingerprint density at radius 3 is 2.03 bits per heavy atom. The van der Waals surface area contributed by atoms with Crippen molar-refractivity contribution in [3.8, 4) is 11.1 Å². The number of carbonyl (C=O) groups is 4. The van der Waals surface area contributed by atoms with Crippen LogP contribution in [0.1, 0.15) is 63.4 Å². The molecule has 2 fully saturated rings. The van der Waals surface area contributed by atoms with Crippen LogP contribution in [0.5, 0.6) is 0 Å². The fourth-order valence-corrected chi connectivity index (χ4v) is 6.69. The molecule has 1 N–H and O–H groups in total. The molecule has 0 radical (unpaired) electrons. The summed E-state index contributed by atoms with van der Waals surface area (Å²) in [6.07, 6.45) is 2.06. The summed E-state index contributed by atoms with van der Waals surface area (Å²) < 4.78 is 5.74. The van der Waals surface area contributed by atoms with Crippen molar-refractivity contribution in [2.75, 3.05) is 6.61 Å². The van der Waals surface area contributed by atoms with Crippen LogP contribution in [-0.2, 0) is 14.4 Å². The van der Waals surface area contributed by atoms with Crippen molar-refractivity contribution in [3.05, 3.63) is 95.1 Å². The molecule has 8 nitrogen and oxygen atoms in total. The lowest BCUT2D eigenvalue weighted by Gasteiger charge is -2.35. The highest BCUT2D eigenvalue weighted by atomic mass is 16.7. The third-order valence-corrected chi connectivity index (χ3v) is 8.67. The van der Waals surface area contributed by atoms with Crippen LogP contribution in [0.3, 0.4) is 0 Å². The lowest BCUT2D eigenvalue weighted by molar-refractivity contribution is -0.179. The molecule has 1 heterocycles. The maximum atomic E-state index is 13.6. The highest BCUT2D eigenvalue weighted by Crippen LogP contribution is 2.55. The van der Waals surface area contributed by atoms with Gasteiger partial charge in [-0.15, -0.1) is 0 Å². The lowest BCUT2D eigenvalue weighted by Crippen LogP contribution is -2.60. The zero-order valence-corrected chi connectivity index (χ0v) is 21.1. The van der Waals surface area contributed by atoms with Crippen LogP contribution in [-0.4, -0.2) is 41.1 Å². The Kier molecular flexibility index (Phi) is 5.33. The fraction of sp³-hybridized carbons (Fsp3) is 0.290. The standard InChI is InChI=1S/C31H26N2O6/c34-27-23-13-5-6-14-24(23)28(35)33(27)39-29(36)31(15-7-8-18-16-26(18)31)32-30(37)38-17-25-21-11-3-1-9-19(21)20-10-2-4-12-22(20)25/h1-6,9-14,18,25-26H,7-8,15-17H2,(H,32,37). The SMILES string of the molecule is O=C(NC1(C(=O)ON2C(=O)c3ccccc3C2=O)CCCC2CC21)OCC1c2ccccc2-c2ccccc21. The van der Waals surface area contributed by atoms with Crippen molar-refractivity contribution in [3.63, 3.8) is 0 Å². The Hall–Kier alpha value is -4.46. The number of alkyl carbamates (subject to hydrolysis) is 1. The molecule has 2 saturated carbocycles. The third-order valence-electron chi connectivity index (χ3n) is 8.67. The summed E-state index contributed by atoms with van der Waals surface area (Å²) in [5, 5.41) is 3.35. The summed E-state index contributed by atoms with van der Waals surface area (Å²) in [6, 6.07) is 22.5. The van der Waals surface area contributed by atoms with Gasteiger partial charge in [-0.2, -0.15) is 0 Å². The summed E-state index contributed by atoms with van der Waals surface area (Å²) in [4.78, 5) is 57.9. The lowest BCUT2D eigenvalue weighted by atomic mass is 9.81. The van der Waals surface area contributed by atoms with Crippen LogP contribution in [0.15, 0.2) is 72.8 Å². The number of carbonyl (C=O) groups excluding carboxylic acids is 4. The van der Waals surface area contributed by atoms with Crippen molar-refractivity contribution in [1.29, 1.82) is 0 Å². The van der Waals surface area contributed by atoms with Gasteiger partial charge in [-0.25, -0.2) is 9.59 Å². The number of hydrogen-bond acceptors (Lipinski definition) is 6. The van der Waals surface area contributed by atoms with E-state index in [0.29, 0.717) is 17.9 Å². The molecule has 3 aromatic carbocycles. The van der Waals surface area contributed by atoms with E-state index in [1.165, 1.54) is 12.1 Å². The Morgan fingerprint density at radius 1 is 0.846 bits per heavy atom. The van der Waals surface area contributed by atoms with E-state index < -0.39 is 29.4 Å². The highest BCUT2D eigenvalue weighted by molar-refractivity contribution is 6.21. The van der Waals surface area contributed by atoms with Crippen molar-refractivity contribution in [2.24, 2.45) is 11.8 Å². The largest absolute Gasteiger partial charge is 0.449 e. The fourth-order valence-electron chi connectivity index (χ4n) is 6.69. The van der Waals surface area contributed by atoms with E-state index in [2.05, 4.69) is 17.4 Å². The van der Waals surface area contributed by atoms with Gasteiger partial charge in [-0.1, -0.05) is 72.1 Å². The van der Waals surface area contributed by atoms with Gasteiger partial charge in [0, 0.05) is 5.92 Å². The molecular weight excluding hydrogens is 496 g/mol. The first-order chi connectivity index (χ1) is 19.0. The molecule has 39 heavy (non-hydrogen) atoms. The highest BCUT2D eigenvalue weighted by Gasteiger charge is 2.62. The van der Waals surface area contributed by atoms with Gasteiger partial charge in [0.05, 0.1) is 11.1 Å². The van der Waals surface area contributed by atoms with E-state index in [1.807, 2.05) is 36.4 Å². The minimum Gasteiger partial charge on any atom is -0.449 e. The van der Waals surface area contributed by atoms with E-state index in [9.17, 15) is 19.2 Å². The zero-order valence-electron chi connectivity index (χ0n) is 21.1. The summed E-state index contributed by atoms with van der Waals surface area (Å²) >= 11 is 0. The van der Waals surface area contributed by atoms with Crippen LogP contribution in [0.25, 0.3) is 11.1 Å². The van der Waals surface area contributed by atoms with Crippen LogP contribution in [0.2, 0.25) is 0 Å². The predicted octanol–water partition coefficient (Wildman–Crippen LogP) is 4.84. The first-order valence-corrected chi connectivity index (χ1v) is 13.3. The molecule has 3 aliphatic carbocycles. The molecule has 1 aliphatic heterocycles. The topological polar surface area (TPSA) is 102 Å². The molecule has 0 bridgehead atoms. The van der Waals surface area contributed by atoms with Gasteiger partial charge < -0.3 is 14.9 Å². The molecule has 8 heteroatoms. The first-order valence-electron chi connectivity index (χ1n) is 13.3. The number of rotatable bonds is 5. The maximum absolute atomic E-state index is 13.6. The molecule has 4 aliphatic rings. The van der Waals surface area contributed by atoms with E-state index >= 15 is 0 Å². The van der Waals surface area contributed by atoms with Gasteiger partial charge in [0.15, 0.2) is 0 Å². The molecule has 3 unspecified atom stereocenters. The maximum Gasteiger partial charge on any atom is 0.408 e.